The van der Waals surface area contributed by atoms with Gasteiger partial charge in [-0.15, -0.1) is 0 Å². The average Bonchev–Trinajstić information content (AvgIpc) is 3.22. The first-order valence-electron chi connectivity index (χ1n) is 9.93. The molecule has 1 aliphatic heterocycles. The molecule has 3 nitrogen and oxygen atoms in total. The summed E-state index contributed by atoms with van der Waals surface area (Å²) < 4.78 is 0. The van der Waals surface area contributed by atoms with E-state index in [0.29, 0.717) is 12.5 Å². The zero-order chi connectivity index (χ0) is 20.9. The fourth-order valence-corrected chi connectivity index (χ4v) is 2.61. The van der Waals surface area contributed by atoms with Crippen molar-refractivity contribution in [3.05, 3.63) is 71.2 Å². The average molecular weight is 395 g/mol. The van der Waals surface area contributed by atoms with E-state index in [4.69, 9.17) is 16.7 Å². The van der Waals surface area contributed by atoms with Crippen LogP contribution in [0.4, 0.5) is 0 Å². The van der Waals surface area contributed by atoms with Gasteiger partial charge >= 0.3 is 0 Å². The third-order valence-corrected chi connectivity index (χ3v) is 3.86. The van der Waals surface area contributed by atoms with E-state index in [9.17, 15) is 0 Å². The summed E-state index contributed by atoms with van der Waals surface area (Å²) in [6, 6.07) is 20.0. The zero-order valence-corrected chi connectivity index (χ0v) is 18.5. The Morgan fingerprint density at radius 3 is 1.78 bits per heavy atom. The summed E-state index contributed by atoms with van der Waals surface area (Å²) in [5.41, 5.74) is 5.87. The highest BCUT2D eigenvalue weighted by Gasteiger charge is 2.21. The minimum atomic E-state index is 0.339. The molecule has 2 aromatic rings. The summed E-state index contributed by atoms with van der Waals surface area (Å²) >= 11 is 5.54. The molecule has 0 radical (unpaired) electrons. The Bertz CT molecular complexity index is 508. The predicted octanol–water partition coefficient (Wildman–Crippen LogP) is 5.47. The van der Waals surface area contributed by atoms with Crippen molar-refractivity contribution in [3.8, 4) is 0 Å². The Kier molecular flexibility index (Phi) is 21.6. The maximum absolute atomic E-state index is 9.02. The second-order valence-corrected chi connectivity index (χ2v) is 5.79. The molecule has 27 heavy (non-hydrogen) atoms. The van der Waals surface area contributed by atoms with Crippen LogP contribution in [0, 0.1) is 5.92 Å². The van der Waals surface area contributed by atoms with Crippen LogP contribution in [0.5, 0.6) is 0 Å². The van der Waals surface area contributed by atoms with Gasteiger partial charge < -0.3 is 10.8 Å². The van der Waals surface area contributed by atoms with Crippen molar-refractivity contribution in [3.63, 3.8) is 0 Å². The fraction of sp³-hybridized carbons (Fsp3) is 0.478. The van der Waals surface area contributed by atoms with E-state index in [-0.39, 0.29) is 0 Å². The van der Waals surface area contributed by atoms with Gasteiger partial charge in [0, 0.05) is 24.7 Å². The van der Waals surface area contributed by atoms with E-state index in [2.05, 4.69) is 34.9 Å². The molecule has 0 bridgehead atoms. The topological polar surface area (TPSA) is 49.5 Å². The largest absolute Gasteiger partial charge is 0.396 e. The molecule has 4 heteroatoms. The summed E-state index contributed by atoms with van der Waals surface area (Å²) in [7, 11) is 1.50. The van der Waals surface area contributed by atoms with Gasteiger partial charge in [0.1, 0.15) is 0 Å². The van der Waals surface area contributed by atoms with Gasteiger partial charge in [0.05, 0.1) is 0 Å². The van der Waals surface area contributed by atoms with E-state index in [1.54, 1.807) is 0 Å². The Balaban J connectivity index is 0. The van der Waals surface area contributed by atoms with Gasteiger partial charge in [0.25, 0.3) is 0 Å². The Hall–Kier alpha value is -1.39. The first kappa shape index (κ1) is 27.8. The van der Waals surface area contributed by atoms with Gasteiger partial charge in [-0.2, -0.15) is 0 Å². The molecule has 0 aliphatic carbocycles. The number of halogens is 1. The van der Waals surface area contributed by atoms with Gasteiger partial charge in [-0.05, 0) is 43.6 Å². The molecule has 0 saturated carbocycles. The molecule has 1 atom stereocenters. The van der Waals surface area contributed by atoms with Crippen LogP contribution in [0.15, 0.2) is 60.7 Å². The first-order valence-corrected chi connectivity index (χ1v) is 10.3. The van der Waals surface area contributed by atoms with Crippen molar-refractivity contribution >= 4 is 11.6 Å². The van der Waals surface area contributed by atoms with Crippen molar-refractivity contribution in [1.29, 1.82) is 0 Å². The highest BCUT2D eigenvalue weighted by atomic mass is 35.5. The smallest absolute Gasteiger partial charge is 0.0471 e. The normalized spacial score (nSPS) is 14.7. The SMILES string of the molecule is CC.CC.CN.Clc1ccccc1.OCC1CCN(Cc2ccccc2)C1. The summed E-state index contributed by atoms with van der Waals surface area (Å²) in [6.07, 6.45) is 1.14. The third kappa shape index (κ3) is 14.3. The van der Waals surface area contributed by atoms with Crippen LogP contribution >= 0.6 is 11.6 Å². The first-order chi connectivity index (χ1) is 13.3. The molecule has 1 aliphatic rings. The second kappa shape index (κ2) is 20.9. The van der Waals surface area contributed by atoms with Crippen LogP contribution in [0.25, 0.3) is 0 Å². The third-order valence-electron chi connectivity index (χ3n) is 3.61. The number of hydrogen-bond donors (Lipinski definition) is 2. The molecule has 2 aromatic carbocycles. The molecule has 3 rings (SSSR count). The molecule has 1 fully saturated rings. The van der Waals surface area contributed by atoms with Gasteiger partial charge in [0.15, 0.2) is 0 Å². The lowest BCUT2D eigenvalue weighted by molar-refractivity contribution is 0.220. The number of aliphatic hydroxyl groups is 1. The lowest BCUT2D eigenvalue weighted by Crippen LogP contribution is -2.20. The summed E-state index contributed by atoms with van der Waals surface area (Å²) in [5.74, 6) is 0.499. The van der Waals surface area contributed by atoms with E-state index in [1.807, 2.05) is 64.1 Å². The van der Waals surface area contributed by atoms with Crippen molar-refractivity contribution in [2.45, 2.75) is 40.7 Å². The lowest BCUT2D eigenvalue weighted by Gasteiger charge is -2.15. The minimum absolute atomic E-state index is 0.339. The van der Waals surface area contributed by atoms with E-state index in [0.717, 1.165) is 31.1 Å². The number of likely N-dealkylation sites (tertiary alicyclic amines) is 1. The van der Waals surface area contributed by atoms with Gasteiger partial charge in [0.2, 0.25) is 0 Å². The van der Waals surface area contributed by atoms with Gasteiger partial charge in [-0.3, -0.25) is 4.90 Å². The fourth-order valence-electron chi connectivity index (χ4n) is 2.46. The number of hydrogen-bond acceptors (Lipinski definition) is 3. The van der Waals surface area contributed by atoms with Crippen LogP contribution in [0.2, 0.25) is 5.02 Å². The van der Waals surface area contributed by atoms with E-state index < -0.39 is 0 Å². The Morgan fingerprint density at radius 1 is 0.926 bits per heavy atom. The number of nitrogens with zero attached hydrogens (tertiary/aromatic N) is 1. The summed E-state index contributed by atoms with van der Waals surface area (Å²) in [5, 5.41) is 9.82. The number of rotatable bonds is 3. The quantitative estimate of drug-likeness (QED) is 0.725. The molecule has 0 aromatic heterocycles. The summed E-state index contributed by atoms with van der Waals surface area (Å²) in [6.45, 7) is 11.5. The van der Waals surface area contributed by atoms with E-state index >= 15 is 0 Å². The van der Waals surface area contributed by atoms with Crippen LogP contribution in [-0.4, -0.2) is 36.8 Å². The van der Waals surface area contributed by atoms with Crippen LogP contribution in [0.3, 0.4) is 0 Å². The second-order valence-electron chi connectivity index (χ2n) is 5.35. The zero-order valence-electron chi connectivity index (χ0n) is 17.7. The number of nitrogens with two attached hydrogens (primary N) is 1. The monoisotopic (exact) mass is 394 g/mol. The van der Waals surface area contributed by atoms with Crippen molar-refractivity contribution in [2.75, 3.05) is 26.7 Å². The molecule has 1 heterocycles. The van der Waals surface area contributed by atoms with Crippen LogP contribution < -0.4 is 5.73 Å². The van der Waals surface area contributed by atoms with Gasteiger partial charge in [-0.1, -0.05) is 87.8 Å². The van der Waals surface area contributed by atoms with Crippen molar-refractivity contribution in [1.82, 2.24) is 4.90 Å². The number of benzene rings is 2. The lowest BCUT2D eigenvalue weighted by atomic mass is 10.1. The van der Waals surface area contributed by atoms with E-state index in [1.165, 1.54) is 12.6 Å². The van der Waals surface area contributed by atoms with Crippen molar-refractivity contribution in [2.24, 2.45) is 11.7 Å². The standard InChI is InChI=1S/C12H17NO.C6H5Cl.2C2H6.CH5N/c14-10-12-6-7-13(9-12)8-11-4-2-1-3-5-11;7-6-4-2-1-3-5-6;3*1-2/h1-5,12,14H,6-10H2;1-5H;2*1-2H3;2H2,1H3. The Labute approximate surface area is 172 Å². The van der Waals surface area contributed by atoms with Gasteiger partial charge in [-0.25, -0.2) is 0 Å². The molecular weight excluding hydrogens is 356 g/mol. The van der Waals surface area contributed by atoms with Crippen molar-refractivity contribution < 1.29 is 5.11 Å². The summed E-state index contributed by atoms with van der Waals surface area (Å²) in [4.78, 5) is 2.41. The molecule has 1 saturated heterocycles. The molecule has 0 amide bonds. The molecule has 154 valence electrons. The molecule has 3 N–H and O–H groups in total. The van der Waals surface area contributed by atoms with Crippen LogP contribution in [-0.2, 0) is 6.54 Å². The molecule has 1 unspecified atom stereocenters. The maximum Gasteiger partial charge on any atom is 0.0471 e. The highest BCUT2D eigenvalue weighted by molar-refractivity contribution is 6.30. The predicted molar refractivity (Wildman–Crippen MR) is 121 cm³/mol. The molecular formula is C23H39ClN2O. The maximum atomic E-state index is 9.02. The Morgan fingerprint density at radius 2 is 1.41 bits per heavy atom. The number of aliphatic hydroxyl groups excluding tert-OH is 1. The van der Waals surface area contributed by atoms with Crippen LogP contribution in [0.1, 0.15) is 39.7 Å². The minimum Gasteiger partial charge on any atom is -0.396 e. The molecule has 0 spiro atoms. The highest BCUT2D eigenvalue weighted by Crippen LogP contribution is 2.17.